The van der Waals surface area contributed by atoms with Crippen LogP contribution >= 0.6 is 22.9 Å². The van der Waals surface area contributed by atoms with Gasteiger partial charge in [0.1, 0.15) is 6.04 Å². The second-order valence-corrected chi connectivity index (χ2v) is 11.0. The predicted molar refractivity (Wildman–Crippen MR) is 132 cm³/mol. The Morgan fingerprint density at radius 1 is 1.11 bits per heavy atom. The summed E-state index contributed by atoms with van der Waals surface area (Å²) in [6.45, 7) is 1.84. The van der Waals surface area contributed by atoms with E-state index in [0.29, 0.717) is 5.02 Å². The van der Waals surface area contributed by atoms with E-state index in [1.165, 1.54) is 59.9 Å². The van der Waals surface area contributed by atoms with Crippen molar-refractivity contribution in [2.45, 2.75) is 30.8 Å². The van der Waals surface area contributed by atoms with Crippen LogP contribution in [-0.2, 0) is 30.9 Å². The van der Waals surface area contributed by atoms with Gasteiger partial charge < -0.3 is 4.74 Å². The number of esters is 1. The molecule has 0 aliphatic carbocycles. The zero-order chi connectivity index (χ0) is 25.2. The number of sulfonamides is 1. The van der Waals surface area contributed by atoms with Crippen LogP contribution in [0.4, 0.5) is 5.69 Å². The molecule has 1 atom stereocenters. The molecular formula is C24H21ClN2O6S2. The Kier molecular flexibility index (Phi) is 7.36. The number of imide groups is 1. The van der Waals surface area contributed by atoms with Crippen LogP contribution in [0, 0.1) is 0 Å². The van der Waals surface area contributed by atoms with E-state index in [0.717, 1.165) is 14.1 Å². The highest BCUT2D eigenvalue weighted by Gasteiger charge is 2.47. The lowest BCUT2D eigenvalue weighted by atomic mass is 10.2. The Bertz CT molecular complexity index is 1340. The van der Waals surface area contributed by atoms with E-state index >= 15 is 0 Å². The van der Waals surface area contributed by atoms with Gasteiger partial charge >= 0.3 is 5.97 Å². The monoisotopic (exact) mass is 532 g/mol. The minimum absolute atomic E-state index is 0.0315. The summed E-state index contributed by atoms with van der Waals surface area (Å²) in [5, 5.41) is 2.18. The Hall–Kier alpha value is -3.05. The maximum Gasteiger partial charge on any atom is 0.338 e. The zero-order valence-electron chi connectivity index (χ0n) is 18.6. The number of anilines is 1. The average molecular weight is 533 g/mol. The quantitative estimate of drug-likeness (QED) is 0.320. The molecule has 0 spiro atoms. The summed E-state index contributed by atoms with van der Waals surface area (Å²) in [5.41, 5.74) is 0.520. The molecule has 4 rings (SSSR count). The van der Waals surface area contributed by atoms with Crippen molar-refractivity contribution in [2.24, 2.45) is 0 Å². The van der Waals surface area contributed by atoms with Crippen LogP contribution in [0.15, 0.2) is 70.9 Å². The number of carbonyl (C=O) groups is 3. The third-order valence-electron chi connectivity index (χ3n) is 5.42. The lowest BCUT2D eigenvalue weighted by Gasteiger charge is -2.26. The second-order valence-electron chi connectivity index (χ2n) is 7.64. The molecular weight excluding hydrogens is 512 g/mol. The fraction of sp³-hybridized carbons (Fsp3) is 0.208. The fourth-order valence-electron chi connectivity index (χ4n) is 3.73. The molecule has 0 N–H and O–H groups in total. The van der Waals surface area contributed by atoms with E-state index in [4.69, 9.17) is 16.3 Å². The zero-order valence-corrected chi connectivity index (χ0v) is 21.0. The van der Waals surface area contributed by atoms with Crippen LogP contribution in [0.3, 0.4) is 0 Å². The van der Waals surface area contributed by atoms with Crippen molar-refractivity contribution < 1.29 is 27.5 Å². The van der Waals surface area contributed by atoms with Crippen LogP contribution in [0.5, 0.6) is 0 Å². The van der Waals surface area contributed by atoms with Gasteiger partial charge in [-0.1, -0.05) is 17.7 Å². The van der Waals surface area contributed by atoms with Crippen molar-refractivity contribution in [3.63, 3.8) is 0 Å². The average Bonchev–Trinajstić information content (AvgIpc) is 3.45. The molecule has 11 heteroatoms. The fourth-order valence-corrected chi connectivity index (χ4v) is 6.20. The number of thiophene rings is 1. The first-order chi connectivity index (χ1) is 16.7. The number of hydrogen-bond donors (Lipinski definition) is 0. The van der Waals surface area contributed by atoms with Crippen LogP contribution in [0.25, 0.3) is 0 Å². The largest absolute Gasteiger partial charge is 0.462 e. The van der Waals surface area contributed by atoms with Crippen LogP contribution < -0.4 is 4.90 Å². The summed E-state index contributed by atoms with van der Waals surface area (Å²) in [7, 11) is -4.14. The standard InChI is InChI=1S/C24H21ClN2O6S2/c1-2-33-24(30)16-5-9-18(10-6-16)27-22(28)14-21(23(27)29)26(15-19-4-3-13-34-19)35(31,32)20-11-7-17(25)8-12-20/h3-13,21H,2,14-15H2,1H3. The third kappa shape index (κ3) is 5.15. The van der Waals surface area contributed by atoms with E-state index in [2.05, 4.69) is 0 Å². The van der Waals surface area contributed by atoms with Gasteiger partial charge in [-0.3, -0.25) is 9.59 Å². The van der Waals surface area contributed by atoms with Crippen LogP contribution in [0.2, 0.25) is 5.02 Å². The lowest BCUT2D eigenvalue weighted by Crippen LogP contribution is -2.44. The van der Waals surface area contributed by atoms with Gasteiger partial charge in [-0.2, -0.15) is 4.31 Å². The maximum absolute atomic E-state index is 13.6. The summed E-state index contributed by atoms with van der Waals surface area (Å²) < 4.78 is 33.2. The van der Waals surface area contributed by atoms with E-state index in [1.807, 2.05) is 0 Å². The molecule has 1 unspecified atom stereocenters. The SMILES string of the molecule is CCOC(=O)c1ccc(N2C(=O)CC(N(Cc3cccs3)S(=O)(=O)c3ccc(Cl)cc3)C2=O)cc1. The van der Waals surface area contributed by atoms with E-state index in [9.17, 15) is 22.8 Å². The summed E-state index contributed by atoms with van der Waals surface area (Å²) in [4.78, 5) is 39.9. The topological polar surface area (TPSA) is 101 Å². The molecule has 3 aromatic rings. The Morgan fingerprint density at radius 2 is 1.80 bits per heavy atom. The van der Waals surface area contributed by atoms with Gasteiger partial charge in [0.15, 0.2) is 0 Å². The third-order valence-corrected chi connectivity index (χ3v) is 8.40. The van der Waals surface area contributed by atoms with Gasteiger partial charge in [0, 0.05) is 16.4 Å². The Labute approximate surface area is 211 Å². The number of carbonyl (C=O) groups excluding carboxylic acids is 3. The maximum atomic E-state index is 13.6. The van der Waals surface area contributed by atoms with Gasteiger partial charge in [0.25, 0.3) is 5.91 Å². The van der Waals surface area contributed by atoms with Crippen molar-refractivity contribution in [1.82, 2.24) is 4.31 Å². The number of benzene rings is 2. The van der Waals surface area contributed by atoms with Crippen molar-refractivity contribution >= 4 is 56.4 Å². The molecule has 182 valence electrons. The van der Waals surface area contributed by atoms with E-state index < -0.39 is 33.8 Å². The highest BCUT2D eigenvalue weighted by Crippen LogP contribution is 2.31. The molecule has 1 aliphatic rings. The van der Waals surface area contributed by atoms with Crippen molar-refractivity contribution in [3.05, 3.63) is 81.5 Å². The predicted octanol–water partition coefficient (Wildman–Crippen LogP) is 4.10. The highest BCUT2D eigenvalue weighted by molar-refractivity contribution is 7.89. The molecule has 2 heterocycles. The first-order valence-corrected chi connectivity index (χ1v) is 13.4. The van der Waals surface area contributed by atoms with E-state index in [-0.39, 0.29) is 35.7 Å². The lowest BCUT2D eigenvalue weighted by molar-refractivity contribution is -0.122. The highest BCUT2D eigenvalue weighted by atomic mass is 35.5. The molecule has 2 aromatic carbocycles. The number of nitrogens with zero attached hydrogens (tertiary/aromatic N) is 2. The number of ether oxygens (including phenoxy) is 1. The molecule has 1 aromatic heterocycles. The van der Waals surface area contributed by atoms with Gasteiger partial charge in [0.05, 0.1) is 29.2 Å². The first kappa shape index (κ1) is 25.1. The molecule has 1 aliphatic heterocycles. The van der Waals surface area contributed by atoms with E-state index in [1.54, 1.807) is 24.4 Å². The Morgan fingerprint density at radius 3 is 2.40 bits per heavy atom. The number of amides is 2. The number of hydrogen-bond acceptors (Lipinski definition) is 7. The molecule has 1 fully saturated rings. The van der Waals surface area contributed by atoms with Gasteiger partial charge in [-0.15, -0.1) is 11.3 Å². The summed E-state index contributed by atoms with van der Waals surface area (Å²) in [6, 6.07) is 13.8. The molecule has 1 saturated heterocycles. The summed E-state index contributed by atoms with van der Waals surface area (Å²) >= 11 is 7.27. The van der Waals surface area contributed by atoms with Gasteiger partial charge in [-0.25, -0.2) is 18.1 Å². The summed E-state index contributed by atoms with van der Waals surface area (Å²) in [5.74, 6) is -1.72. The number of halogens is 1. The smallest absolute Gasteiger partial charge is 0.338 e. The molecule has 0 radical (unpaired) electrons. The molecule has 8 nitrogen and oxygen atoms in total. The van der Waals surface area contributed by atoms with Crippen molar-refractivity contribution in [3.8, 4) is 0 Å². The minimum atomic E-state index is -4.14. The minimum Gasteiger partial charge on any atom is -0.462 e. The van der Waals surface area contributed by atoms with Gasteiger partial charge in [0.2, 0.25) is 15.9 Å². The molecule has 35 heavy (non-hydrogen) atoms. The van der Waals surface area contributed by atoms with Crippen molar-refractivity contribution in [1.29, 1.82) is 0 Å². The molecule has 0 saturated carbocycles. The second kappa shape index (κ2) is 10.3. The van der Waals surface area contributed by atoms with Crippen LogP contribution in [0.1, 0.15) is 28.6 Å². The Balaban J connectivity index is 1.67. The molecule has 2 amide bonds. The number of rotatable bonds is 8. The summed E-state index contributed by atoms with van der Waals surface area (Å²) in [6.07, 6.45) is -0.309. The molecule has 0 bridgehead atoms. The van der Waals surface area contributed by atoms with Crippen molar-refractivity contribution in [2.75, 3.05) is 11.5 Å². The van der Waals surface area contributed by atoms with Crippen LogP contribution in [-0.4, -0.2) is 43.2 Å². The van der Waals surface area contributed by atoms with Gasteiger partial charge in [-0.05, 0) is 66.9 Å². The normalized spacial score (nSPS) is 16.2. The first-order valence-electron chi connectivity index (χ1n) is 10.7.